The number of likely N-dealkylation sites (N-methyl/N-ethyl adjacent to an activating group) is 1. The number of rotatable bonds is 5. The summed E-state index contributed by atoms with van der Waals surface area (Å²) >= 11 is 0. The Bertz CT molecular complexity index is 1140. The van der Waals surface area contributed by atoms with Crippen molar-refractivity contribution in [2.24, 2.45) is 0 Å². The maximum atomic E-state index is 12.8. The summed E-state index contributed by atoms with van der Waals surface area (Å²) < 4.78 is 30.3. The molecule has 4 rings (SSSR count). The van der Waals surface area contributed by atoms with Gasteiger partial charge in [-0.25, -0.2) is 9.78 Å². The number of ether oxygens (including phenoxy) is 1. The first-order chi connectivity index (χ1) is 14.5. The van der Waals surface area contributed by atoms with Crippen molar-refractivity contribution in [3.8, 4) is 5.75 Å². The van der Waals surface area contributed by atoms with Gasteiger partial charge < -0.3 is 9.84 Å². The Balaban J connectivity index is 1.95. The number of para-hydroxylation sites is 2. The number of hydrogen-bond donors (Lipinski definition) is 1. The average Bonchev–Trinajstić information content (AvgIpc) is 2.72. The fourth-order valence-electron chi connectivity index (χ4n) is 3.84. The third-order valence-corrected chi connectivity index (χ3v) is 5.20. The SMILES string of the molecule is CCN1C/C(=C/c2ccccc2OC(F)F)c2nc3ccccc3c(C(=O)O)c2C1. The zero-order valence-corrected chi connectivity index (χ0v) is 16.3. The van der Waals surface area contributed by atoms with Gasteiger partial charge in [-0.05, 0) is 30.3 Å². The monoisotopic (exact) mass is 410 g/mol. The molecule has 0 aliphatic carbocycles. The van der Waals surface area contributed by atoms with Crippen LogP contribution in [-0.4, -0.2) is 40.7 Å². The van der Waals surface area contributed by atoms with E-state index in [1.54, 1.807) is 42.5 Å². The molecule has 1 aliphatic heterocycles. The van der Waals surface area contributed by atoms with Crippen LogP contribution in [0.2, 0.25) is 0 Å². The van der Waals surface area contributed by atoms with Crippen LogP contribution < -0.4 is 4.74 Å². The summed E-state index contributed by atoms with van der Waals surface area (Å²) in [5.41, 5.74) is 3.29. The summed E-state index contributed by atoms with van der Waals surface area (Å²) in [6.07, 6.45) is 1.76. The van der Waals surface area contributed by atoms with Crippen molar-refractivity contribution in [3.63, 3.8) is 0 Å². The van der Waals surface area contributed by atoms with E-state index in [4.69, 9.17) is 4.98 Å². The number of halogens is 2. The highest BCUT2D eigenvalue weighted by Crippen LogP contribution is 2.35. The number of alkyl halides is 2. The first-order valence-electron chi connectivity index (χ1n) is 9.60. The lowest BCUT2D eigenvalue weighted by atomic mass is 9.92. The molecule has 1 aliphatic rings. The fourth-order valence-corrected chi connectivity index (χ4v) is 3.84. The number of aromatic nitrogens is 1. The lowest BCUT2D eigenvalue weighted by molar-refractivity contribution is -0.0499. The van der Waals surface area contributed by atoms with Crippen LogP contribution in [0.4, 0.5) is 8.78 Å². The van der Waals surface area contributed by atoms with Crippen molar-refractivity contribution in [2.75, 3.05) is 13.1 Å². The van der Waals surface area contributed by atoms with Gasteiger partial charge in [-0.3, -0.25) is 4.90 Å². The Morgan fingerprint density at radius 3 is 2.67 bits per heavy atom. The predicted molar refractivity (Wildman–Crippen MR) is 111 cm³/mol. The Labute approximate surface area is 172 Å². The normalized spacial score (nSPS) is 15.5. The Kier molecular flexibility index (Phi) is 5.46. The van der Waals surface area contributed by atoms with Gasteiger partial charge in [0.25, 0.3) is 0 Å². The van der Waals surface area contributed by atoms with Crippen LogP contribution in [0.5, 0.6) is 5.75 Å². The largest absolute Gasteiger partial charge is 0.478 e. The molecule has 2 aromatic carbocycles. The summed E-state index contributed by atoms with van der Waals surface area (Å²) in [6, 6.07) is 13.7. The molecule has 0 radical (unpaired) electrons. The zero-order valence-electron chi connectivity index (χ0n) is 16.3. The van der Waals surface area contributed by atoms with E-state index in [-0.39, 0.29) is 11.3 Å². The Hall–Kier alpha value is -3.32. The van der Waals surface area contributed by atoms with Crippen LogP contribution in [0.1, 0.15) is 34.1 Å². The lowest BCUT2D eigenvalue weighted by Crippen LogP contribution is -2.31. The van der Waals surface area contributed by atoms with Crippen molar-refractivity contribution in [2.45, 2.75) is 20.1 Å². The number of carbonyl (C=O) groups is 1. The molecule has 30 heavy (non-hydrogen) atoms. The van der Waals surface area contributed by atoms with E-state index in [2.05, 4.69) is 9.64 Å². The highest BCUT2D eigenvalue weighted by Gasteiger charge is 2.28. The van der Waals surface area contributed by atoms with Gasteiger partial charge in [0.05, 0.1) is 16.8 Å². The maximum Gasteiger partial charge on any atom is 0.387 e. The van der Waals surface area contributed by atoms with E-state index >= 15 is 0 Å². The van der Waals surface area contributed by atoms with Crippen molar-refractivity contribution in [3.05, 3.63) is 70.9 Å². The maximum absolute atomic E-state index is 12.8. The fraction of sp³-hybridized carbons (Fsp3) is 0.217. The van der Waals surface area contributed by atoms with Crippen molar-refractivity contribution in [1.29, 1.82) is 0 Å². The molecule has 154 valence electrons. The minimum atomic E-state index is -2.93. The summed E-state index contributed by atoms with van der Waals surface area (Å²) in [4.78, 5) is 19.0. The zero-order chi connectivity index (χ0) is 21.3. The van der Waals surface area contributed by atoms with Gasteiger partial charge in [0.15, 0.2) is 0 Å². The van der Waals surface area contributed by atoms with Crippen LogP contribution in [0, 0.1) is 0 Å². The molecule has 3 aromatic rings. The van der Waals surface area contributed by atoms with Gasteiger partial charge in [-0.15, -0.1) is 0 Å². The molecular formula is C23H20F2N2O3. The number of nitrogens with zero attached hydrogens (tertiary/aromatic N) is 2. The lowest BCUT2D eigenvalue weighted by Gasteiger charge is -2.30. The second kappa shape index (κ2) is 8.20. The molecule has 0 unspecified atom stereocenters. The molecule has 0 atom stereocenters. The van der Waals surface area contributed by atoms with Crippen LogP contribution in [0.3, 0.4) is 0 Å². The van der Waals surface area contributed by atoms with Crippen molar-refractivity contribution in [1.82, 2.24) is 9.88 Å². The van der Waals surface area contributed by atoms with E-state index < -0.39 is 12.6 Å². The molecule has 1 N–H and O–H groups in total. The first kappa shape index (κ1) is 20.0. The van der Waals surface area contributed by atoms with Crippen LogP contribution in [0.25, 0.3) is 22.6 Å². The summed E-state index contributed by atoms with van der Waals surface area (Å²) in [7, 11) is 0. The average molecular weight is 410 g/mol. The topological polar surface area (TPSA) is 62.7 Å². The van der Waals surface area contributed by atoms with Gasteiger partial charge in [0.2, 0.25) is 0 Å². The predicted octanol–water partition coefficient (Wildman–Crippen LogP) is 4.91. The molecular weight excluding hydrogens is 390 g/mol. The first-order valence-corrected chi connectivity index (χ1v) is 9.60. The van der Waals surface area contributed by atoms with Crippen LogP contribution in [0.15, 0.2) is 48.5 Å². The van der Waals surface area contributed by atoms with Gasteiger partial charge in [0.1, 0.15) is 5.75 Å². The quantitative estimate of drug-likeness (QED) is 0.648. The Morgan fingerprint density at radius 1 is 1.20 bits per heavy atom. The molecule has 0 saturated carbocycles. The van der Waals surface area contributed by atoms with E-state index in [9.17, 15) is 18.7 Å². The number of benzene rings is 2. The number of hydrogen-bond acceptors (Lipinski definition) is 4. The van der Waals surface area contributed by atoms with Crippen LogP contribution >= 0.6 is 0 Å². The highest BCUT2D eigenvalue weighted by atomic mass is 19.3. The van der Waals surface area contributed by atoms with E-state index in [1.165, 1.54) is 6.07 Å². The standard InChI is InChI=1S/C23H20F2N2O3/c1-2-27-12-15(11-14-7-3-6-10-19(14)30-23(24)25)21-17(13-27)20(22(28)29)16-8-4-5-9-18(16)26-21/h3-11,23H,2,12-13H2,1H3,(H,28,29)/b15-11-. The third-order valence-electron chi connectivity index (χ3n) is 5.20. The molecule has 7 heteroatoms. The molecule has 0 saturated heterocycles. The molecule has 1 aromatic heterocycles. The highest BCUT2D eigenvalue weighted by molar-refractivity contribution is 6.06. The second-order valence-electron chi connectivity index (χ2n) is 7.03. The molecule has 0 spiro atoms. The van der Waals surface area contributed by atoms with Gasteiger partial charge in [-0.1, -0.05) is 43.3 Å². The number of aromatic carboxylic acids is 1. The summed E-state index contributed by atoms with van der Waals surface area (Å²) in [5.74, 6) is -0.946. The minimum absolute atomic E-state index is 0.0643. The number of pyridine rings is 1. The van der Waals surface area contributed by atoms with Crippen LogP contribution in [-0.2, 0) is 6.54 Å². The van der Waals surface area contributed by atoms with E-state index in [0.29, 0.717) is 47.4 Å². The number of fused-ring (bicyclic) bond motifs is 2. The number of carboxylic acid groups (broad SMARTS) is 1. The molecule has 0 fully saturated rings. The van der Waals surface area contributed by atoms with Crippen molar-refractivity contribution >= 4 is 28.5 Å². The summed E-state index contributed by atoms with van der Waals surface area (Å²) in [5, 5.41) is 10.5. The van der Waals surface area contributed by atoms with Crippen molar-refractivity contribution < 1.29 is 23.4 Å². The molecule has 0 amide bonds. The summed E-state index contributed by atoms with van der Waals surface area (Å²) in [6.45, 7) is 0.744. The minimum Gasteiger partial charge on any atom is -0.478 e. The Morgan fingerprint density at radius 2 is 1.93 bits per heavy atom. The van der Waals surface area contributed by atoms with Gasteiger partial charge >= 0.3 is 12.6 Å². The molecule has 0 bridgehead atoms. The van der Waals surface area contributed by atoms with Gasteiger partial charge in [0, 0.05) is 29.6 Å². The number of carboxylic acids is 1. The molecule has 5 nitrogen and oxygen atoms in total. The smallest absolute Gasteiger partial charge is 0.387 e. The second-order valence-corrected chi connectivity index (χ2v) is 7.03. The van der Waals surface area contributed by atoms with E-state index in [1.807, 2.05) is 13.0 Å². The third kappa shape index (κ3) is 3.76. The van der Waals surface area contributed by atoms with Gasteiger partial charge in [-0.2, -0.15) is 8.78 Å². The molecule has 2 heterocycles. The van der Waals surface area contributed by atoms with E-state index in [0.717, 1.165) is 5.57 Å².